The second-order valence-electron chi connectivity index (χ2n) is 6.57. The number of ether oxygens (including phenoxy) is 1. The first kappa shape index (κ1) is 19.0. The molecule has 0 amide bonds. The number of aryl methyl sites for hydroxylation is 1. The van der Waals surface area contributed by atoms with E-state index in [1.54, 1.807) is 43.5 Å². The van der Waals surface area contributed by atoms with Crippen molar-refractivity contribution in [3.05, 3.63) is 59.8 Å². The molecule has 0 saturated carbocycles. The summed E-state index contributed by atoms with van der Waals surface area (Å²) in [7, 11) is -2.22. The van der Waals surface area contributed by atoms with E-state index in [0.29, 0.717) is 22.8 Å². The van der Waals surface area contributed by atoms with Gasteiger partial charge >= 0.3 is 0 Å². The molecule has 3 aromatic rings. The summed E-state index contributed by atoms with van der Waals surface area (Å²) < 4.78 is 39.2. The predicted octanol–water partition coefficient (Wildman–Crippen LogP) is 4.58. The lowest BCUT2D eigenvalue weighted by Gasteiger charge is -2.16. The van der Waals surface area contributed by atoms with Gasteiger partial charge in [0.15, 0.2) is 5.76 Å². The fourth-order valence-electron chi connectivity index (χ4n) is 2.77. The van der Waals surface area contributed by atoms with Crippen LogP contribution < -0.4 is 9.46 Å². The Morgan fingerprint density at radius 2 is 1.78 bits per heavy atom. The van der Waals surface area contributed by atoms with Crippen LogP contribution in [-0.2, 0) is 10.0 Å². The molecular weight excluding hydrogens is 364 g/mol. The third-order valence-corrected chi connectivity index (χ3v) is 5.62. The van der Waals surface area contributed by atoms with Crippen LogP contribution in [0.5, 0.6) is 5.75 Å². The average molecular weight is 386 g/mol. The van der Waals surface area contributed by atoms with Gasteiger partial charge in [-0.25, -0.2) is 8.42 Å². The molecule has 3 rings (SSSR count). The Kier molecular flexibility index (Phi) is 5.23. The number of rotatable bonds is 6. The first-order chi connectivity index (χ1) is 12.8. The van der Waals surface area contributed by atoms with Gasteiger partial charge in [-0.3, -0.25) is 4.72 Å². The highest BCUT2D eigenvalue weighted by molar-refractivity contribution is 7.92. The van der Waals surface area contributed by atoms with E-state index in [4.69, 9.17) is 9.26 Å². The van der Waals surface area contributed by atoms with E-state index in [1.807, 2.05) is 32.9 Å². The second kappa shape index (κ2) is 7.44. The molecule has 0 bridgehead atoms. The van der Waals surface area contributed by atoms with Crippen molar-refractivity contribution in [1.29, 1.82) is 0 Å². The molecule has 0 spiro atoms. The summed E-state index contributed by atoms with van der Waals surface area (Å²) in [6.45, 7) is 5.73. The normalized spacial score (nSPS) is 11.6. The van der Waals surface area contributed by atoms with Crippen molar-refractivity contribution in [2.45, 2.75) is 31.6 Å². The highest BCUT2D eigenvalue weighted by Crippen LogP contribution is 2.31. The molecular formula is C20H22N2O4S. The molecule has 2 aromatic carbocycles. The third-order valence-electron chi connectivity index (χ3n) is 4.18. The van der Waals surface area contributed by atoms with E-state index in [-0.39, 0.29) is 10.8 Å². The van der Waals surface area contributed by atoms with Crippen LogP contribution in [0.25, 0.3) is 11.3 Å². The van der Waals surface area contributed by atoms with Crippen LogP contribution in [0.3, 0.4) is 0 Å². The van der Waals surface area contributed by atoms with Crippen LogP contribution in [0.4, 0.5) is 5.69 Å². The van der Waals surface area contributed by atoms with Gasteiger partial charge in [0.05, 0.1) is 17.7 Å². The number of nitrogens with zero attached hydrogens (tertiary/aromatic N) is 1. The maximum Gasteiger partial charge on any atom is 0.262 e. The highest BCUT2D eigenvalue weighted by atomic mass is 32.2. The van der Waals surface area contributed by atoms with Crippen molar-refractivity contribution in [2.75, 3.05) is 11.8 Å². The third kappa shape index (κ3) is 4.14. The smallest absolute Gasteiger partial charge is 0.262 e. The zero-order valence-corrected chi connectivity index (χ0v) is 16.5. The number of hydrogen-bond acceptors (Lipinski definition) is 5. The molecule has 6 nitrogen and oxygen atoms in total. The summed E-state index contributed by atoms with van der Waals surface area (Å²) in [6.07, 6.45) is 0. The molecule has 27 heavy (non-hydrogen) atoms. The average Bonchev–Trinajstić information content (AvgIpc) is 3.08. The Balaban J connectivity index is 2.03. The van der Waals surface area contributed by atoms with Crippen LogP contribution in [0.1, 0.15) is 31.0 Å². The predicted molar refractivity (Wildman–Crippen MR) is 105 cm³/mol. The number of sulfonamides is 1. The first-order valence-electron chi connectivity index (χ1n) is 8.54. The monoisotopic (exact) mass is 386 g/mol. The van der Waals surface area contributed by atoms with Crippen molar-refractivity contribution in [3.8, 4) is 17.1 Å². The lowest BCUT2D eigenvalue weighted by atomic mass is 10.0. The zero-order chi connectivity index (χ0) is 19.6. The summed E-state index contributed by atoms with van der Waals surface area (Å²) in [5.41, 5.74) is 2.59. The molecule has 0 saturated heterocycles. The summed E-state index contributed by atoms with van der Waals surface area (Å²) in [6, 6.07) is 13.8. The summed E-state index contributed by atoms with van der Waals surface area (Å²) in [5, 5.41) is 3.87. The van der Waals surface area contributed by atoms with Crippen LogP contribution in [0.15, 0.2) is 57.9 Å². The topological polar surface area (TPSA) is 81.4 Å². The minimum Gasteiger partial charge on any atom is -0.497 e. The summed E-state index contributed by atoms with van der Waals surface area (Å²) in [4.78, 5) is 0.222. The van der Waals surface area contributed by atoms with Gasteiger partial charge in [-0.05, 0) is 48.7 Å². The molecule has 7 heteroatoms. The Hall–Kier alpha value is -2.80. The van der Waals surface area contributed by atoms with Gasteiger partial charge in [-0.1, -0.05) is 31.1 Å². The van der Waals surface area contributed by atoms with E-state index in [2.05, 4.69) is 9.88 Å². The molecule has 1 heterocycles. The molecule has 0 radical (unpaired) electrons. The SMILES string of the molecule is COc1ccc(NS(=O)(=O)c2cc(-c3cc(C)no3)ccc2C(C)C)cc1. The van der Waals surface area contributed by atoms with Crippen LogP contribution in [-0.4, -0.2) is 20.7 Å². The quantitative estimate of drug-likeness (QED) is 0.670. The first-order valence-corrected chi connectivity index (χ1v) is 10.0. The highest BCUT2D eigenvalue weighted by Gasteiger charge is 2.22. The Labute approximate surface area is 159 Å². The largest absolute Gasteiger partial charge is 0.497 e. The lowest BCUT2D eigenvalue weighted by molar-refractivity contribution is 0.415. The fraction of sp³-hybridized carbons (Fsp3) is 0.250. The van der Waals surface area contributed by atoms with E-state index in [9.17, 15) is 8.42 Å². The maximum atomic E-state index is 13.1. The number of hydrogen-bond donors (Lipinski definition) is 1. The van der Waals surface area contributed by atoms with Gasteiger partial charge in [0.25, 0.3) is 10.0 Å². The molecule has 0 aliphatic rings. The summed E-state index contributed by atoms with van der Waals surface area (Å²) >= 11 is 0. The van der Waals surface area contributed by atoms with E-state index in [1.165, 1.54) is 0 Å². The van der Waals surface area contributed by atoms with Crippen LogP contribution in [0.2, 0.25) is 0 Å². The molecule has 1 N–H and O–H groups in total. The number of benzene rings is 2. The number of nitrogens with one attached hydrogen (secondary N) is 1. The van der Waals surface area contributed by atoms with Crippen molar-refractivity contribution >= 4 is 15.7 Å². The number of methoxy groups -OCH3 is 1. The Morgan fingerprint density at radius 3 is 2.33 bits per heavy atom. The second-order valence-corrected chi connectivity index (χ2v) is 8.22. The van der Waals surface area contributed by atoms with Gasteiger partial charge in [-0.15, -0.1) is 0 Å². The molecule has 0 atom stereocenters. The lowest BCUT2D eigenvalue weighted by Crippen LogP contribution is -2.15. The molecule has 1 aromatic heterocycles. The number of anilines is 1. The van der Waals surface area contributed by atoms with Crippen molar-refractivity contribution in [3.63, 3.8) is 0 Å². The van der Waals surface area contributed by atoms with Crippen molar-refractivity contribution in [2.24, 2.45) is 0 Å². The van der Waals surface area contributed by atoms with E-state index < -0.39 is 10.0 Å². The molecule has 0 fully saturated rings. The minimum atomic E-state index is -3.79. The maximum absolute atomic E-state index is 13.1. The van der Waals surface area contributed by atoms with Gasteiger partial charge in [0, 0.05) is 17.3 Å². The molecule has 0 aliphatic carbocycles. The standard InChI is InChI=1S/C20H22N2O4S/c1-13(2)18-10-5-15(19-11-14(3)21-26-19)12-20(18)27(23,24)22-16-6-8-17(25-4)9-7-16/h5-13,22H,1-4H3. The summed E-state index contributed by atoms with van der Waals surface area (Å²) in [5.74, 6) is 1.23. The van der Waals surface area contributed by atoms with Crippen molar-refractivity contribution in [1.82, 2.24) is 5.16 Å². The van der Waals surface area contributed by atoms with Gasteiger partial charge < -0.3 is 9.26 Å². The zero-order valence-electron chi connectivity index (χ0n) is 15.7. The van der Waals surface area contributed by atoms with E-state index in [0.717, 1.165) is 11.3 Å². The Morgan fingerprint density at radius 1 is 1.07 bits per heavy atom. The van der Waals surface area contributed by atoms with Gasteiger partial charge in [-0.2, -0.15) is 0 Å². The van der Waals surface area contributed by atoms with E-state index >= 15 is 0 Å². The van der Waals surface area contributed by atoms with Gasteiger partial charge in [0.1, 0.15) is 5.75 Å². The molecule has 0 unspecified atom stereocenters. The molecule has 142 valence electrons. The fourth-order valence-corrected chi connectivity index (χ4v) is 4.22. The van der Waals surface area contributed by atoms with Crippen LogP contribution >= 0.6 is 0 Å². The van der Waals surface area contributed by atoms with Gasteiger partial charge in [0.2, 0.25) is 0 Å². The minimum absolute atomic E-state index is 0.0398. The van der Waals surface area contributed by atoms with Crippen molar-refractivity contribution < 1.29 is 17.7 Å². The Bertz CT molecular complexity index is 1040. The van der Waals surface area contributed by atoms with Crippen LogP contribution in [0, 0.1) is 6.92 Å². The number of aromatic nitrogens is 1. The molecule has 0 aliphatic heterocycles.